The molecule has 0 atom stereocenters. The number of fused-ring (bicyclic) bond motifs is 1. The molecule has 0 radical (unpaired) electrons. The molecule has 0 aliphatic heterocycles. The number of halogens is 1. The van der Waals surface area contributed by atoms with Gasteiger partial charge in [0.15, 0.2) is 17.3 Å². The van der Waals surface area contributed by atoms with Crippen molar-refractivity contribution in [2.75, 3.05) is 14.2 Å². The van der Waals surface area contributed by atoms with E-state index in [1.54, 1.807) is 42.5 Å². The van der Waals surface area contributed by atoms with E-state index in [4.69, 9.17) is 26.3 Å². The van der Waals surface area contributed by atoms with Gasteiger partial charge in [-0.15, -0.1) is 0 Å². The van der Waals surface area contributed by atoms with E-state index < -0.39 is 0 Å². The topological polar surface area (TPSA) is 88.0 Å². The summed E-state index contributed by atoms with van der Waals surface area (Å²) in [5.74, 6) is 1.15. The Balaban J connectivity index is 2.08. The summed E-state index contributed by atoms with van der Waals surface area (Å²) in [7, 11) is 3.01. The van der Waals surface area contributed by atoms with Crippen molar-refractivity contribution in [1.29, 1.82) is 5.26 Å². The van der Waals surface area contributed by atoms with Crippen LogP contribution in [0.15, 0.2) is 41.2 Å². The predicted octanol–water partition coefficient (Wildman–Crippen LogP) is 3.55. The SMILES string of the molecule is COc1cc2nc(/C(Cl)=C/c3ccc(C#N)cc3)[nH]c(=O)c2cc1OC. The molecule has 130 valence electrons. The zero-order valence-electron chi connectivity index (χ0n) is 14.0. The molecule has 3 rings (SSSR count). The van der Waals surface area contributed by atoms with Gasteiger partial charge in [0.05, 0.1) is 41.8 Å². The summed E-state index contributed by atoms with van der Waals surface area (Å²) in [6.07, 6.45) is 1.66. The maximum absolute atomic E-state index is 12.4. The number of benzene rings is 2. The van der Waals surface area contributed by atoms with E-state index in [9.17, 15) is 4.79 Å². The average molecular weight is 368 g/mol. The van der Waals surface area contributed by atoms with Crippen LogP contribution in [0, 0.1) is 11.3 Å². The van der Waals surface area contributed by atoms with Crippen molar-refractivity contribution >= 4 is 33.6 Å². The van der Waals surface area contributed by atoms with Gasteiger partial charge in [0.2, 0.25) is 0 Å². The van der Waals surface area contributed by atoms with E-state index in [0.29, 0.717) is 28.0 Å². The second-order valence-electron chi connectivity index (χ2n) is 5.36. The van der Waals surface area contributed by atoms with Gasteiger partial charge in [-0.3, -0.25) is 4.79 Å². The zero-order chi connectivity index (χ0) is 18.7. The van der Waals surface area contributed by atoms with Crippen LogP contribution in [0.3, 0.4) is 0 Å². The molecule has 0 saturated carbocycles. The van der Waals surface area contributed by atoms with Crippen molar-refractivity contribution < 1.29 is 9.47 Å². The van der Waals surface area contributed by atoms with Crippen molar-refractivity contribution in [2.45, 2.75) is 0 Å². The normalized spacial score (nSPS) is 11.2. The number of methoxy groups -OCH3 is 2. The quantitative estimate of drug-likeness (QED) is 0.761. The van der Waals surface area contributed by atoms with Crippen molar-refractivity contribution in [1.82, 2.24) is 9.97 Å². The molecule has 0 amide bonds. The fraction of sp³-hybridized carbons (Fsp3) is 0.105. The summed E-state index contributed by atoms with van der Waals surface area (Å²) in [5.41, 5.74) is 1.44. The van der Waals surface area contributed by atoms with Crippen molar-refractivity contribution in [2.24, 2.45) is 0 Å². The molecule has 0 fully saturated rings. The average Bonchev–Trinajstić information content (AvgIpc) is 2.67. The molecule has 0 aliphatic carbocycles. The molecule has 7 heteroatoms. The van der Waals surface area contributed by atoms with Crippen LogP contribution >= 0.6 is 11.6 Å². The highest BCUT2D eigenvalue weighted by Gasteiger charge is 2.12. The highest BCUT2D eigenvalue weighted by atomic mass is 35.5. The van der Waals surface area contributed by atoms with E-state index >= 15 is 0 Å². The molecule has 0 saturated heterocycles. The Hall–Kier alpha value is -3.30. The lowest BCUT2D eigenvalue weighted by atomic mass is 10.1. The molecule has 0 unspecified atom stereocenters. The molecular formula is C19H14ClN3O3. The number of rotatable bonds is 4. The number of H-pyrrole nitrogens is 1. The first-order valence-corrected chi connectivity index (χ1v) is 7.97. The van der Waals surface area contributed by atoms with Crippen molar-refractivity contribution in [3.05, 3.63) is 63.7 Å². The molecule has 26 heavy (non-hydrogen) atoms. The maximum Gasteiger partial charge on any atom is 0.259 e. The summed E-state index contributed by atoms with van der Waals surface area (Å²) >= 11 is 6.33. The van der Waals surface area contributed by atoms with Crippen LogP contribution in [0.25, 0.3) is 22.0 Å². The highest BCUT2D eigenvalue weighted by molar-refractivity contribution is 6.50. The molecular weight excluding hydrogens is 354 g/mol. The minimum Gasteiger partial charge on any atom is -0.493 e. The number of aromatic amines is 1. The Morgan fingerprint density at radius 3 is 2.46 bits per heavy atom. The minimum atomic E-state index is -0.336. The van der Waals surface area contributed by atoms with Gasteiger partial charge in [0.1, 0.15) is 0 Å². The van der Waals surface area contributed by atoms with E-state index in [0.717, 1.165) is 5.56 Å². The largest absolute Gasteiger partial charge is 0.493 e. The molecule has 0 spiro atoms. The lowest BCUT2D eigenvalue weighted by Crippen LogP contribution is -2.11. The van der Waals surface area contributed by atoms with Crippen LogP contribution in [-0.4, -0.2) is 24.2 Å². The first kappa shape index (κ1) is 17.5. The summed E-state index contributed by atoms with van der Waals surface area (Å²) in [4.78, 5) is 19.5. The number of nitrogens with zero attached hydrogens (tertiary/aromatic N) is 2. The third kappa shape index (κ3) is 3.39. The summed E-state index contributed by atoms with van der Waals surface area (Å²) in [5, 5.41) is 9.48. The summed E-state index contributed by atoms with van der Waals surface area (Å²) in [6, 6.07) is 12.1. The van der Waals surface area contributed by atoms with Crippen molar-refractivity contribution in [3.63, 3.8) is 0 Å². The van der Waals surface area contributed by atoms with Gasteiger partial charge < -0.3 is 14.5 Å². The van der Waals surface area contributed by atoms with Crippen LogP contribution < -0.4 is 15.0 Å². The smallest absolute Gasteiger partial charge is 0.259 e. The maximum atomic E-state index is 12.4. The highest BCUT2D eigenvalue weighted by Crippen LogP contribution is 2.30. The molecule has 3 aromatic rings. The van der Waals surface area contributed by atoms with Gasteiger partial charge in [-0.05, 0) is 29.8 Å². The van der Waals surface area contributed by atoms with Gasteiger partial charge in [-0.1, -0.05) is 23.7 Å². The molecule has 1 aromatic heterocycles. The Bertz CT molecular complexity index is 1100. The van der Waals surface area contributed by atoms with Gasteiger partial charge in [-0.25, -0.2) is 4.98 Å². The molecule has 1 heterocycles. The first-order chi connectivity index (χ1) is 12.5. The molecule has 2 aromatic carbocycles. The van der Waals surface area contributed by atoms with Crippen molar-refractivity contribution in [3.8, 4) is 17.6 Å². The van der Waals surface area contributed by atoms with E-state index in [1.807, 2.05) is 0 Å². The Morgan fingerprint density at radius 1 is 1.19 bits per heavy atom. The molecule has 0 aliphatic rings. The number of nitriles is 1. The van der Waals surface area contributed by atoms with Crippen LogP contribution in [0.1, 0.15) is 17.0 Å². The monoisotopic (exact) mass is 367 g/mol. The van der Waals surface area contributed by atoms with Crippen LogP contribution in [0.5, 0.6) is 11.5 Å². The van der Waals surface area contributed by atoms with Crippen LogP contribution in [0.2, 0.25) is 0 Å². The number of hydrogen-bond acceptors (Lipinski definition) is 5. The lowest BCUT2D eigenvalue weighted by Gasteiger charge is -2.09. The lowest BCUT2D eigenvalue weighted by molar-refractivity contribution is 0.355. The second kappa shape index (κ2) is 7.30. The Kier molecular flexibility index (Phi) is 4.92. The fourth-order valence-corrected chi connectivity index (χ4v) is 2.66. The third-order valence-electron chi connectivity index (χ3n) is 3.77. The van der Waals surface area contributed by atoms with Gasteiger partial charge in [0.25, 0.3) is 5.56 Å². The molecule has 0 bridgehead atoms. The predicted molar refractivity (Wildman–Crippen MR) is 100 cm³/mol. The van der Waals surface area contributed by atoms with E-state index in [-0.39, 0.29) is 16.4 Å². The van der Waals surface area contributed by atoms with E-state index in [2.05, 4.69) is 16.0 Å². The standard InChI is InChI=1S/C19H14ClN3O3/c1-25-16-8-13-15(9-17(16)26-2)22-18(23-19(13)24)14(20)7-11-3-5-12(10-21)6-4-11/h3-9H,1-2H3,(H,22,23,24)/b14-7-. The second-order valence-corrected chi connectivity index (χ2v) is 5.77. The summed E-state index contributed by atoms with van der Waals surface area (Å²) in [6.45, 7) is 0. The third-order valence-corrected chi connectivity index (χ3v) is 4.06. The molecule has 1 N–H and O–H groups in total. The summed E-state index contributed by atoms with van der Waals surface area (Å²) < 4.78 is 10.5. The number of hydrogen-bond donors (Lipinski definition) is 1. The number of aromatic nitrogens is 2. The van der Waals surface area contributed by atoms with Gasteiger partial charge in [0, 0.05) is 6.07 Å². The number of ether oxygens (including phenoxy) is 2. The number of nitrogens with one attached hydrogen (secondary N) is 1. The zero-order valence-corrected chi connectivity index (χ0v) is 14.8. The Labute approximate surface area is 154 Å². The first-order valence-electron chi connectivity index (χ1n) is 7.59. The Morgan fingerprint density at radius 2 is 1.85 bits per heavy atom. The molecule has 6 nitrogen and oxygen atoms in total. The minimum absolute atomic E-state index is 0.237. The van der Waals surface area contributed by atoms with Crippen LogP contribution in [0.4, 0.5) is 0 Å². The van der Waals surface area contributed by atoms with Gasteiger partial charge in [-0.2, -0.15) is 5.26 Å². The van der Waals surface area contributed by atoms with E-state index in [1.165, 1.54) is 14.2 Å². The van der Waals surface area contributed by atoms with Gasteiger partial charge >= 0.3 is 0 Å². The fourth-order valence-electron chi connectivity index (χ4n) is 2.45. The van der Waals surface area contributed by atoms with Crippen LogP contribution in [-0.2, 0) is 0 Å².